The molecule has 58 heavy (non-hydrogen) atoms. The van der Waals surface area contributed by atoms with Crippen molar-refractivity contribution in [1.29, 1.82) is 0 Å². The van der Waals surface area contributed by atoms with Gasteiger partial charge in [0.15, 0.2) is 0 Å². The second kappa shape index (κ2) is 21.9. The first kappa shape index (κ1) is 43.0. The van der Waals surface area contributed by atoms with E-state index in [-0.39, 0.29) is 20.1 Å². The molecule has 0 atom stereocenters. The van der Waals surface area contributed by atoms with Gasteiger partial charge < -0.3 is 4.98 Å². The molecule has 1 heterocycles. The summed E-state index contributed by atoms with van der Waals surface area (Å²) in [4.78, 5) is 5.07. The monoisotopic (exact) mass is 927 g/mol. The van der Waals surface area contributed by atoms with Crippen molar-refractivity contribution < 1.29 is 29.4 Å². The Balaban J connectivity index is 0.00000124. The van der Waals surface area contributed by atoms with E-state index in [9.17, 15) is 0 Å². The van der Waals surface area contributed by atoms with Gasteiger partial charge in [0.25, 0.3) is 0 Å². The Bertz CT molecular complexity index is 2480. The van der Waals surface area contributed by atoms with E-state index >= 15 is 0 Å². The molecule has 8 rings (SSSR count). The average molecular weight is 927 g/mol. The minimum Gasteiger partial charge on any atom is 3.00 e. The van der Waals surface area contributed by atoms with E-state index in [1.54, 1.807) is 0 Å². The van der Waals surface area contributed by atoms with Crippen molar-refractivity contribution in [1.82, 2.24) is 4.98 Å². The molecule has 0 aliphatic rings. The van der Waals surface area contributed by atoms with Crippen LogP contribution in [0.3, 0.4) is 0 Å². The van der Waals surface area contributed by atoms with Gasteiger partial charge in [0.1, 0.15) is 0 Å². The Morgan fingerprint density at radius 1 is 0.466 bits per heavy atom. The fraction of sp³-hybridized carbons (Fsp3) is 0.0926. The molecule has 4 heteroatoms. The molecule has 0 unspecified atom stereocenters. The number of nitrogens with zero attached hydrogens (tertiary/aromatic N) is 1. The maximum Gasteiger partial charge on any atom is 3.00 e. The van der Waals surface area contributed by atoms with Gasteiger partial charge in [-0.05, 0) is 81.1 Å². The molecular weight excluding hydrogens is 887 g/mol. The largest absolute Gasteiger partial charge is 3.00 e. The first-order chi connectivity index (χ1) is 28.2. The molecule has 0 radical (unpaired) electrons. The van der Waals surface area contributed by atoms with Crippen LogP contribution in [0.25, 0.3) is 55.8 Å². The van der Waals surface area contributed by atoms with E-state index in [4.69, 9.17) is 14.3 Å². The van der Waals surface area contributed by atoms with Crippen LogP contribution < -0.4 is 0 Å². The molecule has 0 aliphatic heterocycles. The minimum absolute atomic E-state index is 0. The maximum absolute atomic E-state index is 7.50. The molecule has 282 valence electrons. The molecule has 7 aromatic carbocycles. The van der Waals surface area contributed by atoms with Crippen LogP contribution in [0.1, 0.15) is 27.8 Å². The molecule has 3 nitrogen and oxygen atoms in total. The molecule has 0 N–H and O–H groups in total. The van der Waals surface area contributed by atoms with Crippen molar-refractivity contribution in [2.75, 3.05) is 0 Å². The summed E-state index contributed by atoms with van der Waals surface area (Å²) in [5, 5.41) is 0. The summed E-state index contributed by atoms with van der Waals surface area (Å²) in [7, 11) is 0. The Morgan fingerprint density at radius 2 is 1.07 bits per heavy atom. The molecule has 0 fully saturated rings. The molecular formula is C54H40IrNO2. The van der Waals surface area contributed by atoms with Crippen LogP contribution in [-0.2, 0) is 55.1 Å². The zero-order chi connectivity index (χ0) is 39.8. The first-order valence-electron chi connectivity index (χ1n) is 18.8. The number of rotatable bonds is 11. The average Bonchev–Trinajstić information content (AvgIpc) is 3.30. The topological polar surface area (TPSA) is 52.7 Å². The van der Waals surface area contributed by atoms with Crippen LogP contribution in [-0.4, -0.2) is 4.98 Å². The zero-order valence-electron chi connectivity index (χ0n) is 32.2. The Hall–Kier alpha value is -6.18. The van der Waals surface area contributed by atoms with Crippen LogP contribution >= 0.6 is 0 Å². The number of aryl methyl sites for hydroxylation is 5. The summed E-state index contributed by atoms with van der Waals surface area (Å²) in [5.41, 5.74) is 17.9. The van der Waals surface area contributed by atoms with E-state index in [1.165, 1.54) is 61.2 Å². The van der Waals surface area contributed by atoms with Crippen LogP contribution in [0.5, 0.6) is 0 Å². The van der Waals surface area contributed by atoms with Crippen molar-refractivity contribution in [3.8, 4) is 55.8 Å². The third-order valence-corrected chi connectivity index (χ3v) is 10.0. The third kappa shape index (κ3) is 10.8. The second-order valence-electron chi connectivity index (χ2n) is 13.7. The summed E-state index contributed by atoms with van der Waals surface area (Å²) < 4.78 is 15.0. The second-order valence-corrected chi connectivity index (χ2v) is 13.7. The normalized spacial score (nSPS) is 10.2. The van der Waals surface area contributed by atoms with Gasteiger partial charge >= 0.3 is 42.7 Å². The molecule has 0 spiro atoms. The number of benzene rings is 7. The van der Waals surface area contributed by atoms with Gasteiger partial charge in [-0.15, -0.1) is 35.9 Å². The summed E-state index contributed by atoms with van der Waals surface area (Å²) in [6.45, 7) is 11.2. The van der Waals surface area contributed by atoms with Gasteiger partial charge in [0.05, 0.1) is 0 Å². The Morgan fingerprint density at radius 3 is 1.66 bits per heavy atom. The van der Waals surface area contributed by atoms with E-state index in [2.05, 4.69) is 184 Å². The summed E-state index contributed by atoms with van der Waals surface area (Å²) >= 11 is 0. The van der Waals surface area contributed by atoms with Crippen LogP contribution in [0.15, 0.2) is 176 Å². The van der Waals surface area contributed by atoms with E-state index in [0.29, 0.717) is 0 Å². The fourth-order valence-electron chi connectivity index (χ4n) is 7.29. The van der Waals surface area contributed by atoms with Gasteiger partial charge in [-0.3, -0.25) is 0 Å². The van der Waals surface area contributed by atoms with Gasteiger partial charge in [-0.25, -0.2) is 0 Å². The van der Waals surface area contributed by atoms with Crippen LogP contribution in [0.2, 0.25) is 0 Å². The number of hydrogen-bond acceptors (Lipinski definition) is 1. The summed E-state index contributed by atoms with van der Waals surface area (Å²) in [5.74, 6) is 0. The SMILES string of the molecule is Cc1cc(-c2ccccc2)ccc1-c1cc(-c2[c-]cccc2)ncc1-c1ccccc1-c1cc(CCc2c[c-]ccc2)cc(CCc2c[c-]ccc2)c1.[C-]#[O+].[C-]#[O+].[Ir+3]. The summed E-state index contributed by atoms with van der Waals surface area (Å²) in [6, 6.07) is 70.4. The molecule has 0 saturated heterocycles. The van der Waals surface area contributed by atoms with Gasteiger partial charge in [-0.2, -0.15) is 71.8 Å². The predicted molar refractivity (Wildman–Crippen MR) is 228 cm³/mol. The van der Waals surface area contributed by atoms with Gasteiger partial charge in [0, 0.05) is 11.8 Å². The maximum atomic E-state index is 7.50. The van der Waals surface area contributed by atoms with Crippen molar-refractivity contribution in [3.05, 3.63) is 235 Å². The standard InChI is InChI=1S/C52H40N.2CO.Ir/c1-38-32-45(43-20-10-4-11-21-43)30-31-47(38)50-36-52(44-22-12-5-13-23-44)53-37-51(50)49-25-15-14-24-48(49)46-34-41(28-26-39-16-6-2-7-17-39)33-42(35-46)29-27-40-18-8-3-9-19-40;2*1-2;/h2-6,8,10-22,24-25,30-37H,26-29H2,1H3;;;/q-3;;;+3. The molecule has 0 bridgehead atoms. The van der Waals surface area contributed by atoms with E-state index < -0.39 is 0 Å². The van der Waals surface area contributed by atoms with Crippen LogP contribution in [0, 0.1) is 38.4 Å². The Labute approximate surface area is 356 Å². The minimum atomic E-state index is 0. The van der Waals surface area contributed by atoms with Crippen molar-refractivity contribution in [3.63, 3.8) is 0 Å². The molecule has 0 saturated carbocycles. The van der Waals surface area contributed by atoms with Gasteiger partial charge in [-0.1, -0.05) is 110 Å². The van der Waals surface area contributed by atoms with Crippen LogP contribution in [0.4, 0.5) is 0 Å². The molecule has 8 aromatic rings. The molecule has 1 aromatic heterocycles. The van der Waals surface area contributed by atoms with E-state index in [0.717, 1.165) is 48.1 Å². The zero-order valence-corrected chi connectivity index (χ0v) is 34.6. The fourth-order valence-corrected chi connectivity index (χ4v) is 7.29. The predicted octanol–water partition coefficient (Wildman–Crippen LogP) is 12.6. The number of pyridine rings is 1. The molecule has 0 amide bonds. The first-order valence-corrected chi connectivity index (χ1v) is 18.8. The molecule has 0 aliphatic carbocycles. The Kier molecular flexibility index (Phi) is 16.2. The number of aromatic nitrogens is 1. The van der Waals surface area contributed by atoms with E-state index in [1.807, 2.05) is 30.3 Å². The van der Waals surface area contributed by atoms with Gasteiger partial charge in [0.2, 0.25) is 0 Å². The van der Waals surface area contributed by atoms with Crippen molar-refractivity contribution in [2.24, 2.45) is 0 Å². The smallest absolute Gasteiger partial charge is 3.00 e. The summed E-state index contributed by atoms with van der Waals surface area (Å²) in [6.07, 6.45) is 5.93. The van der Waals surface area contributed by atoms with Crippen molar-refractivity contribution in [2.45, 2.75) is 32.6 Å². The number of hydrogen-bond donors (Lipinski definition) is 0. The quantitative estimate of drug-likeness (QED) is 0.0942. The van der Waals surface area contributed by atoms with Crippen molar-refractivity contribution >= 4 is 0 Å². The third-order valence-electron chi connectivity index (χ3n) is 10.0.